The summed E-state index contributed by atoms with van der Waals surface area (Å²) in [6.07, 6.45) is 1.22. The van der Waals surface area contributed by atoms with Crippen LogP contribution in [0, 0.1) is 18.8 Å². The summed E-state index contributed by atoms with van der Waals surface area (Å²) in [6, 6.07) is 2.79. The summed E-state index contributed by atoms with van der Waals surface area (Å²) in [7, 11) is 2.18. The molecule has 0 aromatic carbocycles. The molecule has 0 spiro atoms. The van der Waals surface area contributed by atoms with Crippen molar-refractivity contribution in [2.24, 2.45) is 11.8 Å². The van der Waals surface area contributed by atoms with Crippen molar-refractivity contribution < 1.29 is 4.42 Å². The van der Waals surface area contributed by atoms with Gasteiger partial charge in [-0.15, -0.1) is 0 Å². The van der Waals surface area contributed by atoms with Crippen molar-refractivity contribution in [3.8, 4) is 0 Å². The molecule has 1 heterocycles. The van der Waals surface area contributed by atoms with Crippen molar-refractivity contribution in [1.82, 2.24) is 10.2 Å². The molecule has 0 saturated heterocycles. The zero-order chi connectivity index (χ0) is 16.0. The molecule has 3 heteroatoms. The highest BCUT2D eigenvalue weighted by atomic mass is 16.3. The molecule has 122 valence electrons. The van der Waals surface area contributed by atoms with Crippen LogP contribution in [0.25, 0.3) is 0 Å². The molecule has 21 heavy (non-hydrogen) atoms. The maximum atomic E-state index is 5.92. The van der Waals surface area contributed by atoms with Crippen LogP contribution in [0.1, 0.15) is 58.1 Å². The minimum Gasteiger partial charge on any atom is -0.465 e. The van der Waals surface area contributed by atoms with Crippen molar-refractivity contribution in [1.29, 1.82) is 0 Å². The summed E-state index contributed by atoms with van der Waals surface area (Å²) >= 11 is 0. The second kappa shape index (κ2) is 8.60. The molecule has 0 radical (unpaired) electrons. The van der Waals surface area contributed by atoms with E-state index < -0.39 is 0 Å². The van der Waals surface area contributed by atoms with Crippen LogP contribution < -0.4 is 5.32 Å². The molecule has 0 aliphatic heterocycles. The Balaban J connectivity index is 2.52. The highest BCUT2D eigenvalue weighted by Gasteiger charge is 2.14. The van der Waals surface area contributed by atoms with Gasteiger partial charge in [-0.05, 0) is 51.8 Å². The summed E-state index contributed by atoms with van der Waals surface area (Å²) in [5.41, 5.74) is 1.29. The Morgan fingerprint density at radius 3 is 2.38 bits per heavy atom. The molecular formula is C18H34N2O. The van der Waals surface area contributed by atoms with Crippen LogP contribution >= 0.6 is 0 Å². The van der Waals surface area contributed by atoms with E-state index in [4.69, 9.17) is 4.42 Å². The second-order valence-electron chi connectivity index (χ2n) is 7.21. The Bertz CT molecular complexity index is 409. The van der Waals surface area contributed by atoms with Gasteiger partial charge in [-0.3, -0.25) is 4.90 Å². The summed E-state index contributed by atoms with van der Waals surface area (Å²) in [5.74, 6) is 3.54. The monoisotopic (exact) mass is 294 g/mol. The highest BCUT2D eigenvalue weighted by molar-refractivity contribution is 5.20. The van der Waals surface area contributed by atoms with Crippen molar-refractivity contribution in [3.63, 3.8) is 0 Å². The lowest BCUT2D eigenvalue weighted by Crippen LogP contribution is -2.29. The number of aryl methyl sites for hydroxylation is 1. The first-order valence-electron chi connectivity index (χ1n) is 8.28. The Morgan fingerprint density at radius 1 is 1.14 bits per heavy atom. The van der Waals surface area contributed by atoms with E-state index in [9.17, 15) is 0 Å². The normalized spacial score (nSPS) is 13.6. The van der Waals surface area contributed by atoms with Gasteiger partial charge in [-0.1, -0.05) is 27.7 Å². The average molecular weight is 294 g/mol. The summed E-state index contributed by atoms with van der Waals surface area (Å²) in [6.45, 7) is 16.2. The fourth-order valence-electron chi connectivity index (χ4n) is 2.60. The fourth-order valence-corrected chi connectivity index (χ4v) is 2.60. The minimum absolute atomic E-state index is 0.581. The largest absolute Gasteiger partial charge is 0.465 e. The second-order valence-corrected chi connectivity index (χ2v) is 7.21. The quantitative estimate of drug-likeness (QED) is 0.740. The molecule has 1 rings (SSSR count). The molecule has 3 nitrogen and oxygen atoms in total. The number of hydrogen-bond donors (Lipinski definition) is 1. The maximum Gasteiger partial charge on any atom is 0.118 e. The first-order valence-corrected chi connectivity index (χ1v) is 8.28. The number of hydrogen-bond acceptors (Lipinski definition) is 3. The van der Waals surface area contributed by atoms with Crippen LogP contribution in [-0.2, 0) is 13.1 Å². The number of furan rings is 1. The SMILES string of the molecule is Cc1oc(CN(C)C(C)CC(C)C)cc1CNCC(C)C. The Labute approximate surface area is 131 Å². The van der Waals surface area contributed by atoms with Crippen LogP contribution in [0.5, 0.6) is 0 Å². The predicted octanol–water partition coefficient (Wildman–Crippen LogP) is 4.20. The van der Waals surface area contributed by atoms with E-state index in [0.29, 0.717) is 12.0 Å². The molecular weight excluding hydrogens is 260 g/mol. The van der Waals surface area contributed by atoms with Gasteiger partial charge in [0.25, 0.3) is 0 Å². The number of nitrogens with one attached hydrogen (secondary N) is 1. The van der Waals surface area contributed by atoms with Gasteiger partial charge < -0.3 is 9.73 Å². The number of nitrogens with zero attached hydrogens (tertiary/aromatic N) is 1. The van der Waals surface area contributed by atoms with E-state index >= 15 is 0 Å². The summed E-state index contributed by atoms with van der Waals surface area (Å²) < 4.78 is 5.92. The summed E-state index contributed by atoms with van der Waals surface area (Å²) in [5, 5.41) is 3.48. The zero-order valence-corrected chi connectivity index (χ0v) is 15.0. The van der Waals surface area contributed by atoms with Crippen LogP contribution in [0.3, 0.4) is 0 Å². The highest BCUT2D eigenvalue weighted by Crippen LogP contribution is 2.18. The molecule has 1 aromatic heterocycles. The predicted molar refractivity (Wildman–Crippen MR) is 90.4 cm³/mol. The lowest BCUT2D eigenvalue weighted by atomic mass is 10.0. The molecule has 0 fully saturated rings. The van der Waals surface area contributed by atoms with Crippen molar-refractivity contribution in [2.45, 2.75) is 67.1 Å². The average Bonchev–Trinajstić information content (AvgIpc) is 2.68. The van der Waals surface area contributed by atoms with Crippen molar-refractivity contribution >= 4 is 0 Å². The first kappa shape index (κ1) is 18.2. The Kier molecular flexibility index (Phi) is 7.47. The van der Waals surface area contributed by atoms with Gasteiger partial charge in [0, 0.05) is 18.2 Å². The lowest BCUT2D eigenvalue weighted by Gasteiger charge is -2.25. The molecule has 1 unspecified atom stereocenters. The minimum atomic E-state index is 0.581. The van der Waals surface area contributed by atoms with Crippen molar-refractivity contribution in [3.05, 3.63) is 23.2 Å². The van der Waals surface area contributed by atoms with Gasteiger partial charge in [0.1, 0.15) is 11.5 Å². The fraction of sp³-hybridized carbons (Fsp3) is 0.778. The molecule has 1 N–H and O–H groups in total. The molecule has 0 bridgehead atoms. The van der Waals surface area contributed by atoms with Gasteiger partial charge >= 0.3 is 0 Å². The molecule has 1 aromatic rings. The van der Waals surface area contributed by atoms with Gasteiger partial charge in [0.2, 0.25) is 0 Å². The maximum absolute atomic E-state index is 5.92. The van der Waals surface area contributed by atoms with E-state index in [2.05, 4.69) is 64.9 Å². The van der Waals surface area contributed by atoms with Crippen LogP contribution in [-0.4, -0.2) is 24.5 Å². The van der Waals surface area contributed by atoms with E-state index in [-0.39, 0.29) is 0 Å². The third kappa shape index (κ3) is 6.66. The smallest absolute Gasteiger partial charge is 0.118 e. The molecule has 0 aliphatic carbocycles. The van der Waals surface area contributed by atoms with E-state index in [1.54, 1.807) is 0 Å². The van der Waals surface area contributed by atoms with Crippen LogP contribution in [0.15, 0.2) is 10.5 Å². The number of rotatable bonds is 9. The molecule has 0 aliphatic rings. The van der Waals surface area contributed by atoms with Crippen LogP contribution in [0.4, 0.5) is 0 Å². The Morgan fingerprint density at radius 2 is 1.81 bits per heavy atom. The summed E-state index contributed by atoms with van der Waals surface area (Å²) in [4.78, 5) is 2.38. The molecule has 0 saturated carbocycles. The van der Waals surface area contributed by atoms with Crippen LogP contribution in [0.2, 0.25) is 0 Å². The van der Waals surface area contributed by atoms with Gasteiger partial charge in [-0.25, -0.2) is 0 Å². The van der Waals surface area contributed by atoms with E-state index in [0.717, 1.165) is 37.1 Å². The van der Waals surface area contributed by atoms with E-state index in [1.165, 1.54) is 12.0 Å². The lowest BCUT2D eigenvalue weighted by molar-refractivity contribution is 0.204. The zero-order valence-electron chi connectivity index (χ0n) is 15.0. The Hall–Kier alpha value is -0.800. The van der Waals surface area contributed by atoms with Crippen molar-refractivity contribution in [2.75, 3.05) is 13.6 Å². The third-order valence-corrected chi connectivity index (χ3v) is 3.91. The first-order chi connectivity index (χ1) is 9.79. The standard InChI is InChI=1S/C18H34N2O/c1-13(2)8-15(5)20(7)12-18-9-17(16(6)21-18)11-19-10-14(3)4/h9,13-15,19H,8,10-12H2,1-7H3. The van der Waals surface area contributed by atoms with Gasteiger partial charge in [0.05, 0.1) is 6.54 Å². The molecule has 1 atom stereocenters. The third-order valence-electron chi connectivity index (χ3n) is 3.91. The van der Waals surface area contributed by atoms with E-state index in [1.807, 2.05) is 0 Å². The molecule has 0 amide bonds. The van der Waals surface area contributed by atoms with Gasteiger partial charge in [0.15, 0.2) is 0 Å². The topological polar surface area (TPSA) is 28.4 Å². The van der Waals surface area contributed by atoms with Gasteiger partial charge in [-0.2, -0.15) is 0 Å².